The van der Waals surface area contributed by atoms with Gasteiger partial charge in [0.25, 0.3) is 5.91 Å². The average molecular weight is 422 g/mol. The highest BCUT2D eigenvalue weighted by molar-refractivity contribution is 8.00. The molecular weight excluding hydrogens is 390 g/mol. The van der Waals surface area contributed by atoms with E-state index in [-0.39, 0.29) is 35.1 Å². The molecule has 160 valence electrons. The summed E-state index contributed by atoms with van der Waals surface area (Å²) in [5.74, 6) is -0.151. The lowest BCUT2D eigenvalue weighted by Gasteiger charge is -2.39. The van der Waals surface area contributed by atoms with Crippen LogP contribution in [0, 0.1) is 5.92 Å². The molecule has 3 N–H and O–H groups in total. The molecule has 8 heteroatoms. The molecule has 1 unspecified atom stereocenters. The van der Waals surface area contributed by atoms with Crippen LogP contribution < -0.4 is 16.0 Å². The molecule has 0 saturated heterocycles. The van der Waals surface area contributed by atoms with Crippen molar-refractivity contribution >= 4 is 29.5 Å². The Morgan fingerprint density at radius 2 is 1.93 bits per heavy atom. The minimum atomic E-state index is -0.344. The van der Waals surface area contributed by atoms with E-state index in [4.69, 9.17) is 4.42 Å². The molecule has 0 spiro atoms. The second-order valence-electron chi connectivity index (χ2n) is 8.03. The van der Waals surface area contributed by atoms with E-state index in [0.29, 0.717) is 18.0 Å². The summed E-state index contributed by atoms with van der Waals surface area (Å²) in [6.07, 6.45) is 13.3. The molecule has 2 aliphatic carbocycles. The first-order valence-electron chi connectivity index (χ1n) is 10.5. The molecule has 0 aliphatic heterocycles. The first-order valence-corrected chi connectivity index (χ1v) is 11.7. The fraction of sp³-hybridized carbons (Fsp3) is 0.667. The van der Waals surface area contributed by atoms with Crippen molar-refractivity contribution in [1.29, 1.82) is 0 Å². The molecule has 1 aromatic heterocycles. The van der Waals surface area contributed by atoms with E-state index in [1.807, 2.05) is 6.26 Å². The summed E-state index contributed by atoms with van der Waals surface area (Å²) in [6.45, 7) is 0.336. The van der Waals surface area contributed by atoms with Gasteiger partial charge in [0, 0.05) is 12.6 Å². The minimum absolute atomic E-state index is 0.0829. The third-order valence-electron chi connectivity index (χ3n) is 6.21. The molecule has 1 atom stereocenters. The number of thioether (sulfide) groups is 1. The molecule has 3 amide bonds. The second-order valence-corrected chi connectivity index (χ2v) is 9.22. The highest BCUT2D eigenvalue weighted by Gasteiger charge is 2.43. The van der Waals surface area contributed by atoms with Crippen molar-refractivity contribution in [2.75, 3.05) is 19.3 Å². The largest absolute Gasteiger partial charge is 0.472 e. The minimum Gasteiger partial charge on any atom is -0.472 e. The lowest BCUT2D eigenvalue weighted by atomic mass is 9.82. The highest BCUT2D eigenvalue weighted by Crippen LogP contribution is 2.42. The van der Waals surface area contributed by atoms with Crippen LogP contribution in [0.2, 0.25) is 0 Å². The summed E-state index contributed by atoms with van der Waals surface area (Å²) in [7, 11) is 0. The average Bonchev–Trinajstić information content (AvgIpc) is 3.24. The number of carbonyl (C=O) groups excluding carboxylic acids is 3. The Morgan fingerprint density at radius 3 is 2.52 bits per heavy atom. The van der Waals surface area contributed by atoms with Crippen LogP contribution in [0.3, 0.4) is 0 Å². The van der Waals surface area contributed by atoms with Crippen molar-refractivity contribution in [3.63, 3.8) is 0 Å². The summed E-state index contributed by atoms with van der Waals surface area (Å²) in [5, 5.41) is 8.75. The van der Waals surface area contributed by atoms with Gasteiger partial charge in [0.1, 0.15) is 6.26 Å². The van der Waals surface area contributed by atoms with Gasteiger partial charge in [0.15, 0.2) is 0 Å². The maximum Gasteiger partial charge on any atom is 0.254 e. The smallest absolute Gasteiger partial charge is 0.254 e. The fourth-order valence-electron chi connectivity index (χ4n) is 4.17. The zero-order chi connectivity index (χ0) is 20.7. The van der Waals surface area contributed by atoms with Crippen LogP contribution in [0.4, 0.5) is 0 Å². The van der Waals surface area contributed by atoms with Gasteiger partial charge in [-0.05, 0) is 50.3 Å². The summed E-state index contributed by atoms with van der Waals surface area (Å²) < 4.78 is 4.60. The molecule has 1 aromatic rings. The van der Waals surface area contributed by atoms with E-state index in [2.05, 4.69) is 16.0 Å². The Morgan fingerprint density at radius 1 is 1.17 bits per heavy atom. The first kappa shape index (κ1) is 21.7. The molecule has 2 fully saturated rings. The van der Waals surface area contributed by atoms with E-state index in [1.165, 1.54) is 18.9 Å². The summed E-state index contributed by atoms with van der Waals surface area (Å²) >= 11 is 1.62. The van der Waals surface area contributed by atoms with E-state index in [0.717, 1.165) is 44.9 Å². The molecule has 0 radical (unpaired) electrons. The summed E-state index contributed by atoms with van der Waals surface area (Å²) in [4.78, 5) is 37.1. The zero-order valence-electron chi connectivity index (χ0n) is 17.0. The number of amides is 3. The van der Waals surface area contributed by atoms with Crippen LogP contribution in [0.1, 0.15) is 61.7 Å². The van der Waals surface area contributed by atoms with Gasteiger partial charge in [-0.25, -0.2) is 0 Å². The predicted octanol–water partition coefficient (Wildman–Crippen LogP) is 2.48. The Kier molecular flexibility index (Phi) is 7.64. The number of nitrogens with one attached hydrogen (secondary N) is 3. The molecule has 2 aliphatic rings. The van der Waals surface area contributed by atoms with Gasteiger partial charge in [-0.2, -0.15) is 0 Å². The monoisotopic (exact) mass is 421 g/mol. The number of hydrogen-bond donors (Lipinski definition) is 3. The third-order valence-corrected chi connectivity index (χ3v) is 7.58. The highest BCUT2D eigenvalue weighted by atomic mass is 32.2. The van der Waals surface area contributed by atoms with Crippen molar-refractivity contribution in [3.8, 4) is 0 Å². The van der Waals surface area contributed by atoms with Crippen molar-refractivity contribution < 1.29 is 18.8 Å². The third kappa shape index (κ3) is 5.56. The Hall–Kier alpha value is -1.96. The van der Waals surface area contributed by atoms with Gasteiger partial charge in [-0.3, -0.25) is 14.4 Å². The van der Waals surface area contributed by atoms with Gasteiger partial charge in [-0.15, -0.1) is 11.8 Å². The topological polar surface area (TPSA) is 100 Å². The van der Waals surface area contributed by atoms with Crippen LogP contribution in [0.25, 0.3) is 0 Å². The maximum atomic E-state index is 12.7. The molecule has 1 heterocycles. The van der Waals surface area contributed by atoms with Crippen LogP contribution in [-0.4, -0.2) is 47.9 Å². The summed E-state index contributed by atoms with van der Waals surface area (Å²) in [5.41, 5.74) is 0.386. The fourth-order valence-corrected chi connectivity index (χ4v) is 5.13. The molecule has 3 rings (SSSR count). The van der Waals surface area contributed by atoms with E-state index < -0.39 is 0 Å². The molecule has 7 nitrogen and oxygen atoms in total. The van der Waals surface area contributed by atoms with Crippen LogP contribution in [0.5, 0.6) is 0 Å². The molecule has 0 bridgehead atoms. The van der Waals surface area contributed by atoms with Crippen molar-refractivity contribution in [2.45, 2.75) is 62.2 Å². The number of furan rings is 1. The Bertz CT molecular complexity index is 691. The second kappa shape index (κ2) is 10.2. The summed E-state index contributed by atoms with van der Waals surface area (Å²) in [6, 6.07) is 1.44. The Balaban J connectivity index is 1.52. The maximum absolute atomic E-state index is 12.7. The Labute approximate surface area is 176 Å². The van der Waals surface area contributed by atoms with Gasteiger partial charge < -0.3 is 20.4 Å². The van der Waals surface area contributed by atoms with E-state index >= 15 is 0 Å². The van der Waals surface area contributed by atoms with Crippen LogP contribution in [0.15, 0.2) is 23.0 Å². The van der Waals surface area contributed by atoms with Gasteiger partial charge in [-0.1, -0.05) is 19.3 Å². The van der Waals surface area contributed by atoms with E-state index in [9.17, 15) is 14.4 Å². The molecule has 29 heavy (non-hydrogen) atoms. The van der Waals surface area contributed by atoms with Crippen LogP contribution in [-0.2, 0) is 9.59 Å². The van der Waals surface area contributed by atoms with E-state index in [1.54, 1.807) is 17.8 Å². The number of rotatable bonds is 9. The van der Waals surface area contributed by atoms with Gasteiger partial charge in [0.05, 0.1) is 23.1 Å². The molecule has 0 aromatic carbocycles. The van der Waals surface area contributed by atoms with Crippen molar-refractivity contribution in [1.82, 2.24) is 16.0 Å². The van der Waals surface area contributed by atoms with Crippen molar-refractivity contribution in [3.05, 3.63) is 24.2 Å². The molecular formula is C21H31N3O4S. The van der Waals surface area contributed by atoms with Crippen molar-refractivity contribution in [2.24, 2.45) is 5.92 Å². The SMILES string of the molecule is CSC1(C(=O)NCC(NC(=O)CNC(=O)c2ccoc2)C2CCCCC2)CCC1. The lowest BCUT2D eigenvalue weighted by molar-refractivity contribution is -0.126. The van der Waals surface area contributed by atoms with Gasteiger partial charge >= 0.3 is 0 Å². The predicted molar refractivity (Wildman–Crippen MR) is 113 cm³/mol. The standard InChI is InChI=1S/C21H31N3O4S/c1-29-21(9-5-10-21)20(27)23-12-17(15-6-3-2-4-7-15)24-18(25)13-22-19(26)16-8-11-28-14-16/h8,11,14-15,17H,2-7,9-10,12-13H2,1H3,(H,22,26)(H,23,27)(H,24,25). The number of carbonyl (C=O) groups is 3. The first-order chi connectivity index (χ1) is 14.0. The lowest BCUT2D eigenvalue weighted by Crippen LogP contribution is -2.55. The molecule has 2 saturated carbocycles. The quantitative estimate of drug-likeness (QED) is 0.569. The zero-order valence-corrected chi connectivity index (χ0v) is 17.8. The van der Waals surface area contributed by atoms with Gasteiger partial charge in [0.2, 0.25) is 11.8 Å². The number of hydrogen-bond acceptors (Lipinski definition) is 5. The normalized spacial score (nSPS) is 19.6. The van der Waals surface area contributed by atoms with Crippen LogP contribution >= 0.6 is 11.8 Å².